The fourth-order valence-electron chi connectivity index (χ4n) is 2.81. The zero-order valence-corrected chi connectivity index (χ0v) is 16.2. The lowest BCUT2D eigenvalue weighted by Gasteiger charge is -2.16. The Morgan fingerprint density at radius 2 is 2.00 bits per heavy atom. The van der Waals surface area contributed by atoms with Crippen molar-refractivity contribution in [2.24, 2.45) is 0 Å². The van der Waals surface area contributed by atoms with Crippen molar-refractivity contribution in [1.82, 2.24) is 10.3 Å². The topological polar surface area (TPSA) is 62.2 Å². The van der Waals surface area contributed by atoms with E-state index in [1.165, 1.54) is 0 Å². The van der Waals surface area contributed by atoms with Crippen molar-refractivity contribution in [3.63, 3.8) is 0 Å². The van der Waals surface area contributed by atoms with Crippen LogP contribution in [0, 0.1) is 20.8 Å². The first kappa shape index (κ1) is 17.3. The van der Waals surface area contributed by atoms with Crippen molar-refractivity contribution >= 4 is 33.6 Å². The van der Waals surface area contributed by atoms with E-state index in [0.717, 1.165) is 27.3 Å². The molecule has 1 aromatic heterocycles. The second-order valence-corrected chi connectivity index (χ2v) is 8.11. The van der Waals surface area contributed by atoms with Crippen LogP contribution < -0.4 is 5.32 Å². The number of alkyl halides is 1. The standard InChI is InChI=1S/C18H19BrN2O2S/c1-9-10(2)16(22)11(3)21-13(9)8-20-18(23)17-15(19)12-6-4-5-7-14(12)24-17/h4-7,15,17,22H,8H2,1-3H3,(H,20,23). The number of aromatic nitrogens is 1. The van der Waals surface area contributed by atoms with Gasteiger partial charge in [-0.05, 0) is 43.5 Å². The summed E-state index contributed by atoms with van der Waals surface area (Å²) in [6.07, 6.45) is 0. The molecule has 4 nitrogen and oxygen atoms in total. The average molecular weight is 407 g/mol. The molecule has 2 aromatic rings. The van der Waals surface area contributed by atoms with Crippen LogP contribution in [-0.2, 0) is 11.3 Å². The first-order valence-corrected chi connectivity index (χ1v) is 9.52. The highest BCUT2D eigenvalue weighted by atomic mass is 79.9. The zero-order valence-electron chi connectivity index (χ0n) is 13.8. The van der Waals surface area contributed by atoms with Crippen molar-refractivity contribution in [2.75, 3.05) is 0 Å². The predicted octanol–water partition coefficient (Wildman–Crippen LogP) is 3.94. The Hall–Kier alpha value is -1.53. The van der Waals surface area contributed by atoms with E-state index in [0.29, 0.717) is 12.2 Å². The summed E-state index contributed by atoms with van der Waals surface area (Å²) in [6.45, 7) is 5.91. The van der Waals surface area contributed by atoms with Gasteiger partial charge < -0.3 is 10.4 Å². The number of pyridine rings is 1. The van der Waals surface area contributed by atoms with Crippen LogP contribution in [0.4, 0.5) is 0 Å². The van der Waals surface area contributed by atoms with Crippen molar-refractivity contribution in [1.29, 1.82) is 0 Å². The lowest BCUT2D eigenvalue weighted by molar-refractivity contribution is -0.120. The number of thioether (sulfide) groups is 1. The van der Waals surface area contributed by atoms with Gasteiger partial charge in [0.2, 0.25) is 5.91 Å². The van der Waals surface area contributed by atoms with Gasteiger partial charge in [-0.1, -0.05) is 34.1 Å². The molecule has 1 aliphatic heterocycles. The van der Waals surface area contributed by atoms with Crippen molar-refractivity contribution in [3.05, 3.63) is 52.3 Å². The number of fused-ring (bicyclic) bond motifs is 1. The van der Waals surface area contributed by atoms with Crippen LogP contribution in [-0.4, -0.2) is 21.2 Å². The van der Waals surface area contributed by atoms with Crippen LogP contribution in [0.25, 0.3) is 0 Å². The normalized spacial score (nSPS) is 19.2. The number of benzene rings is 1. The highest BCUT2D eigenvalue weighted by molar-refractivity contribution is 9.09. The first-order chi connectivity index (χ1) is 11.4. The van der Waals surface area contributed by atoms with Gasteiger partial charge in [0.25, 0.3) is 0 Å². The molecule has 2 N–H and O–H groups in total. The van der Waals surface area contributed by atoms with Gasteiger partial charge in [-0.25, -0.2) is 0 Å². The van der Waals surface area contributed by atoms with E-state index in [9.17, 15) is 9.90 Å². The number of amides is 1. The molecule has 1 aliphatic rings. The number of hydrogen-bond acceptors (Lipinski definition) is 4. The zero-order chi connectivity index (χ0) is 17.4. The van der Waals surface area contributed by atoms with Crippen LogP contribution in [0.1, 0.15) is 32.9 Å². The number of aryl methyl sites for hydroxylation is 1. The predicted molar refractivity (Wildman–Crippen MR) is 99.7 cm³/mol. The SMILES string of the molecule is Cc1nc(CNC(=O)C2Sc3ccccc3C2Br)c(C)c(C)c1O. The molecular weight excluding hydrogens is 388 g/mol. The lowest BCUT2D eigenvalue weighted by atomic mass is 10.1. The van der Waals surface area contributed by atoms with Crippen molar-refractivity contribution < 1.29 is 9.90 Å². The van der Waals surface area contributed by atoms with E-state index in [1.807, 2.05) is 38.1 Å². The summed E-state index contributed by atoms with van der Waals surface area (Å²) in [6, 6.07) is 8.07. The summed E-state index contributed by atoms with van der Waals surface area (Å²) in [5, 5.41) is 12.7. The minimum Gasteiger partial charge on any atom is -0.506 e. The number of carbonyl (C=O) groups is 1. The molecule has 0 spiro atoms. The second-order valence-electron chi connectivity index (χ2n) is 5.94. The molecule has 1 aromatic carbocycles. The highest BCUT2D eigenvalue weighted by Gasteiger charge is 2.36. The molecular formula is C18H19BrN2O2S. The third kappa shape index (κ3) is 3.05. The highest BCUT2D eigenvalue weighted by Crippen LogP contribution is 2.48. The van der Waals surface area contributed by atoms with E-state index in [1.54, 1.807) is 18.7 Å². The summed E-state index contributed by atoms with van der Waals surface area (Å²) in [7, 11) is 0. The van der Waals surface area contributed by atoms with Gasteiger partial charge in [-0.3, -0.25) is 9.78 Å². The smallest absolute Gasteiger partial charge is 0.235 e. The Morgan fingerprint density at radius 3 is 2.71 bits per heavy atom. The van der Waals surface area contributed by atoms with E-state index in [-0.39, 0.29) is 21.7 Å². The summed E-state index contributed by atoms with van der Waals surface area (Å²) >= 11 is 5.23. The van der Waals surface area contributed by atoms with Crippen molar-refractivity contribution in [2.45, 2.75) is 42.3 Å². The minimum atomic E-state index is -0.193. The van der Waals surface area contributed by atoms with E-state index < -0.39 is 0 Å². The first-order valence-electron chi connectivity index (χ1n) is 7.73. The molecule has 0 saturated carbocycles. The Balaban J connectivity index is 1.72. The fourth-order valence-corrected chi connectivity index (χ4v) is 5.14. The van der Waals surface area contributed by atoms with Crippen LogP contribution >= 0.6 is 27.7 Å². The molecule has 0 bridgehead atoms. The average Bonchev–Trinajstić information content (AvgIpc) is 2.92. The largest absolute Gasteiger partial charge is 0.506 e. The van der Waals surface area contributed by atoms with E-state index >= 15 is 0 Å². The van der Waals surface area contributed by atoms with Gasteiger partial charge in [0.05, 0.1) is 22.8 Å². The Labute approximate surface area is 154 Å². The van der Waals surface area contributed by atoms with Gasteiger partial charge in [0, 0.05) is 4.90 Å². The fraction of sp³-hybridized carbons (Fsp3) is 0.333. The van der Waals surface area contributed by atoms with Crippen molar-refractivity contribution in [3.8, 4) is 5.75 Å². The molecule has 2 heterocycles. The molecule has 0 radical (unpaired) electrons. The molecule has 3 rings (SSSR count). The maximum Gasteiger partial charge on any atom is 0.235 e. The van der Waals surface area contributed by atoms with Gasteiger partial charge in [0.1, 0.15) is 11.0 Å². The summed E-state index contributed by atoms with van der Waals surface area (Å²) in [4.78, 5) is 18.2. The van der Waals surface area contributed by atoms with Gasteiger partial charge in [-0.2, -0.15) is 0 Å². The van der Waals surface area contributed by atoms with Gasteiger partial charge in [0.15, 0.2) is 0 Å². The summed E-state index contributed by atoms with van der Waals surface area (Å²) in [5.74, 6) is 0.215. The third-order valence-electron chi connectivity index (χ3n) is 4.42. The van der Waals surface area contributed by atoms with Crippen LogP contribution in [0.2, 0.25) is 0 Å². The molecule has 0 aliphatic carbocycles. The summed E-state index contributed by atoms with van der Waals surface area (Å²) in [5.41, 5.74) is 4.27. The van der Waals surface area contributed by atoms with Crippen LogP contribution in [0.3, 0.4) is 0 Å². The van der Waals surface area contributed by atoms with Crippen LogP contribution in [0.15, 0.2) is 29.2 Å². The quantitative estimate of drug-likeness (QED) is 0.757. The van der Waals surface area contributed by atoms with Gasteiger partial charge in [-0.15, -0.1) is 11.8 Å². The van der Waals surface area contributed by atoms with Crippen LogP contribution in [0.5, 0.6) is 5.75 Å². The molecule has 2 unspecified atom stereocenters. The molecule has 0 fully saturated rings. The number of halogens is 1. The Kier molecular flexibility index (Phi) is 4.88. The second kappa shape index (κ2) is 6.76. The number of carbonyl (C=O) groups excluding carboxylic acids is 1. The lowest BCUT2D eigenvalue weighted by Crippen LogP contribution is -2.33. The number of rotatable bonds is 3. The number of nitrogens with zero attached hydrogens (tertiary/aromatic N) is 1. The molecule has 1 amide bonds. The number of nitrogens with one attached hydrogen (secondary N) is 1. The number of aromatic hydroxyl groups is 1. The Morgan fingerprint density at radius 1 is 1.29 bits per heavy atom. The third-order valence-corrected chi connectivity index (χ3v) is 7.16. The summed E-state index contributed by atoms with van der Waals surface area (Å²) < 4.78 is 0. The van der Waals surface area contributed by atoms with E-state index in [4.69, 9.17) is 0 Å². The molecule has 24 heavy (non-hydrogen) atoms. The maximum atomic E-state index is 12.6. The molecule has 6 heteroatoms. The number of hydrogen-bond donors (Lipinski definition) is 2. The maximum absolute atomic E-state index is 12.6. The minimum absolute atomic E-state index is 0.0102. The molecule has 2 atom stereocenters. The molecule has 0 saturated heterocycles. The van der Waals surface area contributed by atoms with Gasteiger partial charge >= 0.3 is 0 Å². The monoisotopic (exact) mass is 406 g/mol. The van der Waals surface area contributed by atoms with E-state index in [2.05, 4.69) is 26.2 Å². The molecule has 126 valence electrons. The Bertz CT molecular complexity index is 810.